The Labute approximate surface area is 410 Å². The van der Waals surface area contributed by atoms with Gasteiger partial charge in [-0.3, -0.25) is 9.59 Å². The van der Waals surface area contributed by atoms with E-state index in [1.807, 2.05) is 86.6 Å². The van der Waals surface area contributed by atoms with Crippen LogP contribution in [0.25, 0.3) is 0 Å². The zero-order chi connectivity index (χ0) is 50.0. The van der Waals surface area contributed by atoms with E-state index in [9.17, 15) is 37.0 Å². The van der Waals surface area contributed by atoms with Gasteiger partial charge in [0.25, 0.3) is 0 Å². The summed E-state index contributed by atoms with van der Waals surface area (Å²) in [7, 11) is 0.130. The molecule has 6 unspecified atom stereocenters. The van der Waals surface area contributed by atoms with Crippen LogP contribution in [0.2, 0.25) is 0 Å². The van der Waals surface area contributed by atoms with Crippen molar-refractivity contribution in [2.45, 2.75) is 88.0 Å². The largest absolute Gasteiger partial charge is 0.392 e. The van der Waals surface area contributed by atoms with Crippen LogP contribution >= 0.6 is 0 Å². The number of benzene rings is 5. The lowest BCUT2D eigenvalue weighted by atomic mass is 9.69. The third-order valence-electron chi connectivity index (χ3n) is 13.9. The molecule has 2 aliphatic rings. The first-order chi connectivity index (χ1) is 33.6. The molecule has 2 aliphatic heterocycles. The Kier molecular flexibility index (Phi) is 17.5. The molecule has 374 valence electrons. The first kappa shape index (κ1) is 52.1. The molecule has 1 fully saturated rings. The number of carbonyl (C=O) groups excluding carboxylic acids is 2. The molecular weight excluding hydrogens is 915 g/mol. The molecule has 0 aliphatic carbocycles. The topological polar surface area (TPSA) is 158 Å². The number of halogens is 2. The summed E-state index contributed by atoms with van der Waals surface area (Å²) in [6.07, 6.45) is 1.73. The smallest absolute Gasteiger partial charge is 0.246 e. The van der Waals surface area contributed by atoms with Gasteiger partial charge in [0.2, 0.25) is 11.8 Å². The number of hydrogen-bond acceptors (Lipinski definition) is 10. The predicted molar refractivity (Wildman–Crippen MR) is 268 cm³/mol. The van der Waals surface area contributed by atoms with Crippen molar-refractivity contribution in [2.75, 3.05) is 67.9 Å². The van der Waals surface area contributed by atoms with Crippen LogP contribution in [0, 0.1) is 23.0 Å². The Morgan fingerprint density at radius 1 is 0.886 bits per heavy atom. The van der Waals surface area contributed by atoms with Crippen LogP contribution in [-0.2, 0) is 35.4 Å². The summed E-state index contributed by atoms with van der Waals surface area (Å²) < 4.78 is 66.7. The lowest BCUT2D eigenvalue weighted by Gasteiger charge is -2.48. The number of sulfone groups is 1. The van der Waals surface area contributed by atoms with Crippen LogP contribution in [0.4, 0.5) is 25.8 Å². The fourth-order valence-corrected chi connectivity index (χ4v) is 12.1. The number of aliphatic hydroxyl groups excluding tert-OH is 2. The number of β-lactam (4-membered cyclic amide) rings is 1. The second kappa shape index (κ2) is 23.5. The van der Waals surface area contributed by atoms with Gasteiger partial charge < -0.3 is 40.1 Å². The van der Waals surface area contributed by atoms with Crippen molar-refractivity contribution in [2.24, 2.45) is 11.3 Å². The maximum absolute atomic E-state index is 14.0. The van der Waals surface area contributed by atoms with Gasteiger partial charge in [0.05, 0.1) is 54.6 Å². The minimum atomic E-state index is -3.70. The van der Waals surface area contributed by atoms with Gasteiger partial charge in [0, 0.05) is 55.6 Å². The van der Waals surface area contributed by atoms with E-state index in [0.29, 0.717) is 55.6 Å². The molecule has 12 nitrogen and oxygen atoms in total. The molecular formula is C55H66F2N4O8S. The van der Waals surface area contributed by atoms with Crippen LogP contribution in [-0.4, -0.2) is 89.4 Å². The Morgan fingerprint density at radius 2 is 1.59 bits per heavy atom. The van der Waals surface area contributed by atoms with E-state index < -0.39 is 50.9 Å². The van der Waals surface area contributed by atoms with Crippen LogP contribution < -0.4 is 20.4 Å². The molecule has 5 aromatic rings. The lowest BCUT2D eigenvalue weighted by molar-refractivity contribution is -0.131. The molecule has 70 heavy (non-hydrogen) atoms. The molecule has 1 saturated heterocycles. The van der Waals surface area contributed by atoms with Crippen molar-refractivity contribution in [3.05, 3.63) is 155 Å². The zero-order valence-electron chi connectivity index (χ0n) is 40.5. The number of amides is 2. The summed E-state index contributed by atoms with van der Waals surface area (Å²) in [4.78, 5) is 30.0. The maximum atomic E-state index is 14.0. The molecule has 15 heteroatoms. The zero-order valence-corrected chi connectivity index (χ0v) is 41.3. The average Bonchev–Trinajstić information content (AvgIpc) is 3.42. The molecule has 6 atom stereocenters. The Morgan fingerprint density at radius 3 is 2.27 bits per heavy atom. The van der Waals surface area contributed by atoms with E-state index in [0.717, 1.165) is 40.9 Å². The molecule has 0 radical (unpaired) electrons. The van der Waals surface area contributed by atoms with Gasteiger partial charge in [0.15, 0.2) is 9.84 Å². The number of rotatable bonds is 23. The minimum Gasteiger partial charge on any atom is -0.392 e. The molecule has 0 bridgehead atoms. The van der Waals surface area contributed by atoms with Crippen LogP contribution in [0.1, 0.15) is 98.3 Å². The molecule has 4 N–H and O–H groups in total. The highest BCUT2D eigenvalue weighted by atomic mass is 32.2. The first-order valence-electron chi connectivity index (χ1n) is 24.2. The predicted octanol–water partition coefficient (Wildman–Crippen LogP) is 8.88. The van der Waals surface area contributed by atoms with Gasteiger partial charge >= 0.3 is 0 Å². The number of fused-ring (bicyclic) bond motifs is 1. The Balaban J connectivity index is 0.870. The molecule has 2 amide bonds. The standard InChI is InChI=1S/C55H66F2N4O8S/c1-5-7-27-55(6-2)36-70(66,67)49-26-23-45(60(3)4)33-47(49)51(53(55)64)40-9-8-10-43(32-40)58-28-29-68-30-31-69-35-50(63)59-34-37-11-13-39(14-12-37)52-46(24-25-48(62)38-15-17-41(56)18-16-38)54(65)61(52)44-21-19-42(57)20-22-44/h8-23,26,32-33,46,48,51-53,58,62,64H,5-7,24-25,27-31,34-36H2,1-4H3,(H,59,63). The average molecular weight is 981 g/mol. The number of ether oxygens (including phenoxy) is 2. The quantitative estimate of drug-likeness (QED) is 0.0368. The third kappa shape index (κ3) is 12.2. The maximum Gasteiger partial charge on any atom is 0.246 e. The van der Waals surface area contributed by atoms with E-state index in [4.69, 9.17) is 9.47 Å². The van der Waals surface area contributed by atoms with E-state index >= 15 is 0 Å². The summed E-state index contributed by atoms with van der Waals surface area (Å²) in [5, 5.41) is 29.4. The fourth-order valence-electron chi connectivity index (χ4n) is 9.87. The molecule has 0 spiro atoms. The van der Waals surface area contributed by atoms with Crippen molar-refractivity contribution in [3.63, 3.8) is 0 Å². The second-order valence-electron chi connectivity index (χ2n) is 18.7. The van der Waals surface area contributed by atoms with Crippen LogP contribution in [0.15, 0.2) is 120 Å². The highest BCUT2D eigenvalue weighted by molar-refractivity contribution is 7.91. The summed E-state index contributed by atoms with van der Waals surface area (Å²) in [5.41, 5.74) is 5.12. The summed E-state index contributed by atoms with van der Waals surface area (Å²) >= 11 is 0. The van der Waals surface area contributed by atoms with Crippen molar-refractivity contribution < 1.29 is 46.5 Å². The van der Waals surface area contributed by atoms with Gasteiger partial charge in [-0.05, 0) is 120 Å². The van der Waals surface area contributed by atoms with Gasteiger partial charge in [-0.25, -0.2) is 17.2 Å². The fraction of sp³-hybridized carbons (Fsp3) is 0.418. The van der Waals surface area contributed by atoms with E-state index in [-0.39, 0.29) is 54.9 Å². The third-order valence-corrected chi connectivity index (χ3v) is 15.9. The highest BCUT2D eigenvalue weighted by Crippen LogP contribution is 2.50. The van der Waals surface area contributed by atoms with Gasteiger partial charge in [-0.2, -0.15) is 0 Å². The Bertz CT molecular complexity index is 2650. The van der Waals surface area contributed by atoms with E-state index in [1.165, 1.54) is 36.4 Å². The molecule has 2 heterocycles. The summed E-state index contributed by atoms with van der Waals surface area (Å²) in [6.45, 7) is 5.47. The highest BCUT2D eigenvalue weighted by Gasteiger charge is 2.50. The van der Waals surface area contributed by atoms with Crippen LogP contribution in [0.5, 0.6) is 0 Å². The first-order valence-corrected chi connectivity index (χ1v) is 25.9. The number of aliphatic hydroxyl groups is 2. The number of hydrogen-bond donors (Lipinski definition) is 4. The second-order valence-corrected chi connectivity index (χ2v) is 20.7. The normalized spacial score (nSPS) is 21.0. The van der Waals surface area contributed by atoms with Crippen molar-refractivity contribution >= 4 is 38.7 Å². The van der Waals surface area contributed by atoms with Gasteiger partial charge in [-0.1, -0.05) is 75.2 Å². The van der Waals surface area contributed by atoms with Crippen molar-refractivity contribution in [1.82, 2.24) is 5.32 Å². The van der Waals surface area contributed by atoms with Gasteiger partial charge in [-0.15, -0.1) is 0 Å². The number of anilines is 3. The molecule has 7 rings (SSSR count). The van der Waals surface area contributed by atoms with Crippen molar-refractivity contribution in [1.29, 1.82) is 0 Å². The minimum absolute atomic E-state index is 0.103. The number of nitrogens with zero attached hydrogens (tertiary/aromatic N) is 2. The molecule has 0 saturated carbocycles. The molecule has 0 aromatic heterocycles. The monoisotopic (exact) mass is 980 g/mol. The van der Waals surface area contributed by atoms with Crippen molar-refractivity contribution in [3.8, 4) is 0 Å². The van der Waals surface area contributed by atoms with E-state index in [2.05, 4.69) is 17.6 Å². The summed E-state index contributed by atoms with van der Waals surface area (Å²) in [6, 6.07) is 31.8. The number of unbranched alkanes of at least 4 members (excludes halogenated alkanes) is 1. The number of nitrogens with one attached hydrogen (secondary N) is 2. The van der Waals surface area contributed by atoms with E-state index in [1.54, 1.807) is 23.1 Å². The summed E-state index contributed by atoms with van der Waals surface area (Å²) in [5.74, 6) is -2.34. The number of carbonyl (C=O) groups is 2. The van der Waals surface area contributed by atoms with Crippen LogP contribution in [0.3, 0.4) is 0 Å². The Hall–Kier alpha value is -5.71. The SMILES string of the molecule is CCCCC1(CC)CS(=O)(=O)c2ccc(N(C)C)cc2C(c2cccc(NCCOCCOCC(=O)NCc3ccc(C4C(CCC(O)c5ccc(F)cc5)C(=O)N4c4ccc(F)cc4)cc3)c2)C1O. The molecule has 5 aromatic carbocycles. The van der Waals surface area contributed by atoms with Gasteiger partial charge in [0.1, 0.15) is 18.2 Å². The lowest BCUT2D eigenvalue weighted by Crippen LogP contribution is -2.55.